The molecule has 3 aliphatic rings. The second-order valence-corrected chi connectivity index (χ2v) is 9.63. The molecule has 1 amide bonds. The molecule has 1 aliphatic carbocycles. The van der Waals surface area contributed by atoms with Crippen LogP contribution in [0.5, 0.6) is 0 Å². The zero-order valence-electron chi connectivity index (χ0n) is 14.2. The second-order valence-electron chi connectivity index (χ2n) is 7.35. The maximum atomic E-state index is 12.7. The Labute approximate surface area is 140 Å². The van der Waals surface area contributed by atoms with Gasteiger partial charge < -0.3 is 4.90 Å². The highest BCUT2D eigenvalue weighted by molar-refractivity contribution is 7.92. The van der Waals surface area contributed by atoms with Gasteiger partial charge in [-0.25, -0.2) is 8.42 Å². The molecule has 0 spiro atoms. The van der Waals surface area contributed by atoms with E-state index >= 15 is 0 Å². The lowest BCUT2D eigenvalue weighted by atomic mass is 10.0. The highest BCUT2D eigenvalue weighted by Gasteiger charge is 2.41. The maximum absolute atomic E-state index is 12.7. The van der Waals surface area contributed by atoms with Crippen molar-refractivity contribution in [3.05, 3.63) is 0 Å². The van der Waals surface area contributed by atoms with Gasteiger partial charge in [-0.05, 0) is 51.6 Å². The number of hydrogen-bond acceptors (Lipinski definition) is 4. The van der Waals surface area contributed by atoms with Crippen LogP contribution < -0.4 is 0 Å². The fraction of sp³-hybridized carbons (Fsp3) is 0.941. The van der Waals surface area contributed by atoms with E-state index in [0.717, 1.165) is 64.6 Å². The number of rotatable bonds is 5. The molecule has 0 aromatic heterocycles. The molecule has 0 N–H and O–H groups in total. The van der Waals surface area contributed by atoms with Crippen LogP contribution in [0.25, 0.3) is 0 Å². The van der Waals surface area contributed by atoms with Crippen molar-refractivity contribution < 1.29 is 13.2 Å². The summed E-state index contributed by atoms with van der Waals surface area (Å²) in [6, 6.07) is 0.657. The van der Waals surface area contributed by atoms with Crippen molar-refractivity contribution in [2.24, 2.45) is 0 Å². The van der Waals surface area contributed by atoms with Gasteiger partial charge in [-0.15, -0.1) is 0 Å². The first-order valence-electron chi connectivity index (χ1n) is 9.28. The zero-order chi connectivity index (χ0) is 16.4. The Kier molecular flexibility index (Phi) is 5.31. The fourth-order valence-corrected chi connectivity index (χ4v) is 6.60. The number of hydrogen-bond donors (Lipinski definition) is 0. The van der Waals surface area contributed by atoms with Crippen molar-refractivity contribution in [2.75, 3.05) is 25.4 Å². The first-order chi connectivity index (χ1) is 11.0. The topological polar surface area (TPSA) is 57.7 Å². The van der Waals surface area contributed by atoms with Gasteiger partial charge in [0.15, 0.2) is 9.84 Å². The number of likely N-dealkylation sites (tertiary alicyclic amines) is 2. The van der Waals surface area contributed by atoms with Crippen molar-refractivity contribution >= 4 is 15.7 Å². The van der Waals surface area contributed by atoms with Crippen LogP contribution in [-0.2, 0) is 14.6 Å². The van der Waals surface area contributed by atoms with Crippen LogP contribution in [0, 0.1) is 0 Å². The third kappa shape index (κ3) is 3.58. The molecule has 0 aromatic rings. The number of carbonyl (C=O) groups is 1. The molecule has 23 heavy (non-hydrogen) atoms. The van der Waals surface area contributed by atoms with E-state index in [1.165, 1.54) is 6.42 Å². The lowest BCUT2D eigenvalue weighted by Gasteiger charge is -2.34. The Morgan fingerprint density at radius 1 is 0.957 bits per heavy atom. The highest BCUT2D eigenvalue weighted by Crippen LogP contribution is 2.31. The van der Waals surface area contributed by atoms with Gasteiger partial charge in [0, 0.05) is 18.6 Å². The van der Waals surface area contributed by atoms with Crippen LogP contribution in [0.15, 0.2) is 0 Å². The van der Waals surface area contributed by atoms with Gasteiger partial charge in [-0.2, -0.15) is 0 Å². The summed E-state index contributed by atoms with van der Waals surface area (Å²) in [4.78, 5) is 17.1. The van der Waals surface area contributed by atoms with Gasteiger partial charge in [0.25, 0.3) is 0 Å². The largest absolute Gasteiger partial charge is 0.337 e. The van der Waals surface area contributed by atoms with E-state index in [-0.39, 0.29) is 23.0 Å². The Hall–Kier alpha value is -0.620. The minimum Gasteiger partial charge on any atom is -0.337 e. The highest BCUT2D eigenvalue weighted by atomic mass is 32.2. The normalized spacial score (nSPS) is 30.4. The first kappa shape index (κ1) is 17.2. The van der Waals surface area contributed by atoms with Crippen LogP contribution in [0.1, 0.15) is 58.3 Å². The van der Waals surface area contributed by atoms with Crippen LogP contribution >= 0.6 is 0 Å². The molecule has 3 fully saturated rings. The number of amides is 1. The second kappa shape index (κ2) is 7.09. The summed E-state index contributed by atoms with van der Waals surface area (Å²) in [5.41, 5.74) is 0. The molecule has 2 aliphatic heterocycles. The lowest BCUT2D eigenvalue weighted by molar-refractivity contribution is -0.130. The van der Waals surface area contributed by atoms with Crippen molar-refractivity contribution in [2.45, 2.75) is 75.6 Å². The molecular weight excluding hydrogens is 312 g/mol. The van der Waals surface area contributed by atoms with E-state index in [1.807, 2.05) is 4.90 Å². The number of nitrogens with zero attached hydrogens (tertiary/aromatic N) is 2. The Bertz CT molecular complexity index is 528. The van der Waals surface area contributed by atoms with Crippen LogP contribution in [-0.4, -0.2) is 66.8 Å². The molecule has 2 heterocycles. The van der Waals surface area contributed by atoms with E-state index in [2.05, 4.69) is 11.8 Å². The average molecular weight is 343 g/mol. The van der Waals surface area contributed by atoms with E-state index in [4.69, 9.17) is 0 Å². The van der Waals surface area contributed by atoms with Crippen molar-refractivity contribution in [1.29, 1.82) is 0 Å². The predicted octanol–water partition coefficient (Wildman–Crippen LogP) is 1.82. The van der Waals surface area contributed by atoms with E-state index < -0.39 is 9.84 Å². The summed E-state index contributed by atoms with van der Waals surface area (Å²) in [6.45, 7) is 5.03. The Morgan fingerprint density at radius 3 is 2.30 bits per heavy atom. The Balaban J connectivity index is 1.66. The number of carbonyl (C=O) groups excluding carboxylic acids is 1. The van der Waals surface area contributed by atoms with Gasteiger partial charge in [0.1, 0.15) is 5.75 Å². The van der Waals surface area contributed by atoms with E-state index in [0.29, 0.717) is 6.04 Å². The molecule has 132 valence electrons. The molecule has 0 bridgehead atoms. The standard InChI is InChI=1S/C17H30N2O3S/c1-2-18-11-5-9-15(18)16-10-6-12-19(16)17(20)13-23(21,22)14-7-3-4-8-14/h14-16H,2-13H2,1H3/t15-,16+/m0/s1. The molecule has 3 rings (SSSR count). The van der Waals surface area contributed by atoms with Crippen molar-refractivity contribution in [3.8, 4) is 0 Å². The molecular formula is C17H30N2O3S. The van der Waals surface area contributed by atoms with Gasteiger partial charge in [-0.1, -0.05) is 19.8 Å². The summed E-state index contributed by atoms with van der Waals surface area (Å²) >= 11 is 0. The quantitative estimate of drug-likeness (QED) is 0.765. The van der Waals surface area contributed by atoms with Gasteiger partial charge >= 0.3 is 0 Å². The third-order valence-electron chi connectivity index (χ3n) is 6.02. The summed E-state index contributed by atoms with van der Waals surface area (Å²) in [5.74, 6) is -0.421. The van der Waals surface area contributed by atoms with Gasteiger partial charge in [0.05, 0.1) is 5.25 Å². The van der Waals surface area contributed by atoms with E-state index in [9.17, 15) is 13.2 Å². The average Bonchev–Trinajstić information content (AvgIpc) is 3.25. The summed E-state index contributed by atoms with van der Waals surface area (Å²) < 4.78 is 25.0. The molecule has 0 unspecified atom stereocenters. The van der Waals surface area contributed by atoms with Crippen molar-refractivity contribution in [1.82, 2.24) is 9.80 Å². The minimum atomic E-state index is -3.27. The minimum absolute atomic E-state index is 0.151. The molecule has 1 saturated carbocycles. The summed E-state index contributed by atoms with van der Waals surface area (Å²) in [6.07, 6.45) is 7.81. The maximum Gasteiger partial charge on any atom is 0.238 e. The Morgan fingerprint density at radius 2 is 1.61 bits per heavy atom. The third-order valence-corrected chi connectivity index (χ3v) is 8.16. The lowest BCUT2D eigenvalue weighted by Crippen LogP contribution is -2.50. The molecule has 0 aromatic carbocycles. The predicted molar refractivity (Wildman–Crippen MR) is 91.0 cm³/mol. The van der Waals surface area contributed by atoms with Crippen LogP contribution in [0.3, 0.4) is 0 Å². The van der Waals surface area contributed by atoms with Gasteiger partial charge in [-0.3, -0.25) is 9.69 Å². The molecule has 2 atom stereocenters. The van der Waals surface area contributed by atoms with Crippen LogP contribution in [0.2, 0.25) is 0 Å². The summed E-state index contributed by atoms with van der Waals surface area (Å²) in [7, 11) is -3.27. The molecule has 6 heteroatoms. The zero-order valence-corrected chi connectivity index (χ0v) is 15.1. The monoisotopic (exact) mass is 342 g/mol. The molecule has 2 saturated heterocycles. The van der Waals surface area contributed by atoms with Crippen LogP contribution in [0.4, 0.5) is 0 Å². The van der Waals surface area contributed by atoms with Gasteiger partial charge in [0.2, 0.25) is 5.91 Å². The SMILES string of the molecule is CCN1CCC[C@H]1[C@H]1CCCN1C(=O)CS(=O)(=O)C1CCCC1. The molecule has 5 nitrogen and oxygen atoms in total. The summed E-state index contributed by atoms with van der Waals surface area (Å²) in [5, 5.41) is -0.272. The molecule has 0 radical (unpaired) electrons. The fourth-order valence-electron chi connectivity index (χ4n) is 4.80. The smallest absolute Gasteiger partial charge is 0.238 e. The first-order valence-corrected chi connectivity index (χ1v) is 11.0. The van der Waals surface area contributed by atoms with E-state index in [1.54, 1.807) is 0 Å². The number of likely N-dealkylation sites (N-methyl/N-ethyl adjacent to an activating group) is 1. The number of sulfone groups is 1. The van der Waals surface area contributed by atoms with Crippen molar-refractivity contribution in [3.63, 3.8) is 0 Å².